The lowest BCUT2D eigenvalue weighted by atomic mass is 10.2. The van der Waals surface area contributed by atoms with E-state index in [0.717, 1.165) is 21.1 Å². The van der Waals surface area contributed by atoms with Crippen LogP contribution >= 0.6 is 46.3 Å². The van der Waals surface area contributed by atoms with Crippen LogP contribution in [-0.4, -0.2) is 0 Å². The monoisotopic (exact) mass is 339 g/mol. The highest BCUT2D eigenvalue weighted by Crippen LogP contribution is 2.39. The second-order valence-electron chi connectivity index (χ2n) is 4.31. The number of benzene rings is 2. The van der Waals surface area contributed by atoms with Crippen molar-refractivity contribution in [1.29, 1.82) is 0 Å². The molecule has 5 heteroatoms. The van der Waals surface area contributed by atoms with Crippen LogP contribution in [0.3, 0.4) is 0 Å². The van der Waals surface area contributed by atoms with Crippen LogP contribution in [0.15, 0.2) is 47.4 Å². The van der Waals surface area contributed by atoms with Gasteiger partial charge in [0.15, 0.2) is 0 Å². The predicted octanol–water partition coefficient (Wildman–Crippen LogP) is 6.08. The van der Waals surface area contributed by atoms with E-state index in [9.17, 15) is 0 Å². The summed E-state index contributed by atoms with van der Waals surface area (Å²) in [4.78, 5) is 2.28. The molecule has 1 heterocycles. The second kappa shape index (κ2) is 5.86. The number of rotatable bonds is 3. The number of halogens is 2. The number of thiophene rings is 1. The first-order chi connectivity index (χ1) is 9.65. The molecule has 1 aromatic heterocycles. The van der Waals surface area contributed by atoms with Gasteiger partial charge in [0.2, 0.25) is 0 Å². The van der Waals surface area contributed by atoms with Gasteiger partial charge in [0.05, 0.1) is 15.7 Å². The molecule has 20 heavy (non-hydrogen) atoms. The van der Waals surface area contributed by atoms with Crippen molar-refractivity contribution in [2.45, 2.75) is 10.6 Å². The molecule has 0 radical (unpaired) electrons. The Morgan fingerprint density at radius 1 is 1.10 bits per heavy atom. The average Bonchev–Trinajstić information content (AvgIpc) is 2.77. The van der Waals surface area contributed by atoms with E-state index in [-0.39, 0.29) is 0 Å². The minimum absolute atomic E-state index is 0.595. The van der Waals surface area contributed by atoms with E-state index in [1.54, 1.807) is 23.1 Å². The van der Waals surface area contributed by atoms with Crippen molar-refractivity contribution in [2.24, 2.45) is 0 Å². The van der Waals surface area contributed by atoms with E-state index in [0.29, 0.717) is 10.7 Å². The number of thioether (sulfide) groups is 1. The van der Waals surface area contributed by atoms with E-state index in [4.69, 9.17) is 28.9 Å². The van der Waals surface area contributed by atoms with Crippen LogP contribution in [0.25, 0.3) is 10.1 Å². The molecule has 0 saturated carbocycles. The zero-order valence-corrected chi connectivity index (χ0v) is 13.5. The number of hydrogen-bond acceptors (Lipinski definition) is 3. The molecular formula is C15H11Cl2NS2. The van der Waals surface area contributed by atoms with Crippen LogP contribution in [0, 0.1) is 0 Å². The van der Waals surface area contributed by atoms with Crippen LogP contribution in [0.2, 0.25) is 10.0 Å². The molecular weight excluding hydrogens is 329 g/mol. The van der Waals surface area contributed by atoms with Crippen LogP contribution in [0.4, 0.5) is 5.69 Å². The van der Waals surface area contributed by atoms with Gasteiger partial charge in [0, 0.05) is 25.6 Å². The van der Waals surface area contributed by atoms with Crippen molar-refractivity contribution in [1.82, 2.24) is 0 Å². The maximum Gasteiger partial charge on any atom is 0.0646 e. The van der Waals surface area contributed by atoms with Gasteiger partial charge in [-0.25, -0.2) is 0 Å². The molecule has 0 atom stereocenters. The summed E-state index contributed by atoms with van der Waals surface area (Å²) in [6.07, 6.45) is 0. The summed E-state index contributed by atoms with van der Waals surface area (Å²) < 4.78 is 1.23. The standard InChI is InChI=1S/C15H11Cl2NS2/c16-11-7-9(5-6-12(11)18)19-8-14-15(17)10-3-1-2-4-13(10)20-14/h1-7H,8,18H2. The summed E-state index contributed by atoms with van der Waals surface area (Å²) >= 11 is 15.9. The van der Waals surface area contributed by atoms with Gasteiger partial charge in [-0.1, -0.05) is 41.4 Å². The molecule has 0 aliphatic carbocycles. The summed E-state index contributed by atoms with van der Waals surface area (Å²) in [6, 6.07) is 13.9. The van der Waals surface area contributed by atoms with Crippen molar-refractivity contribution >= 4 is 62.1 Å². The molecule has 0 aliphatic rings. The van der Waals surface area contributed by atoms with E-state index >= 15 is 0 Å². The van der Waals surface area contributed by atoms with Crippen LogP contribution < -0.4 is 5.73 Å². The van der Waals surface area contributed by atoms with Gasteiger partial charge in [-0.05, 0) is 24.3 Å². The SMILES string of the molecule is Nc1ccc(SCc2sc3ccccc3c2Cl)cc1Cl. The maximum absolute atomic E-state index is 6.43. The Morgan fingerprint density at radius 2 is 1.90 bits per heavy atom. The highest BCUT2D eigenvalue weighted by molar-refractivity contribution is 7.98. The minimum Gasteiger partial charge on any atom is -0.398 e. The first-order valence-corrected chi connectivity index (χ1v) is 8.54. The first-order valence-electron chi connectivity index (χ1n) is 5.99. The van der Waals surface area contributed by atoms with Crippen molar-refractivity contribution in [3.8, 4) is 0 Å². The van der Waals surface area contributed by atoms with Crippen molar-refractivity contribution in [3.63, 3.8) is 0 Å². The van der Waals surface area contributed by atoms with Crippen molar-refractivity contribution < 1.29 is 0 Å². The molecule has 2 aromatic carbocycles. The third-order valence-corrected chi connectivity index (χ3v) is 6.19. The average molecular weight is 340 g/mol. The lowest BCUT2D eigenvalue weighted by Crippen LogP contribution is -1.85. The lowest BCUT2D eigenvalue weighted by Gasteiger charge is -2.03. The third-order valence-electron chi connectivity index (χ3n) is 2.94. The largest absolute Gasteiger partial charge is 0.398 e. The number of nitrogen functional groups attached to an aromatic ring is 1. The number of nitrogens with two attached hydrogens (primary N) is 1. The van der Waals surface area contributed by atoms with Gasteiger partial charge in [-0.15, -0.1) is 23.1 Å². The third kappa shape index (κ3) is 2.77. The quantitative estimate of drug-likeness (QED) is 0.462. The number of hydrogen-bond donors (Lipinski definition) is 1. The fourth-order valence-corrected chi connectivity index (χ4v) is 4.74. The summed E-state index contributed by atoms with van der Waals surface area (Å²) in [5.74, 6) is 0.832. The molecule has 1 nitrogen and oxygen atoms in total. The topological polar surface area (TPSA) is 26.0 Å². The van der Waals surface area contributed by atoms with Gasteiger partial charge in [0.1, 0.15) is 0 Å². The molecule has 0 spiro atoms. The van der Waals surface area contributed by atoms with Gasteiger partial charge < -0.3 is 5.73 Å². The van der Waals surface area contributed by atoms with Gasteiger partial charge >= 0.3 is 0 Å². The van der Waals surface area contributed by atoms with Gasteiger partial charge in [-0.2, -0.15) is 0 Å². The molecule has 0 bridgehead atoms. The van der Waals surface area contributed by atoms with Crippen molar-refractivity contribution in [3.05, 3.63) is 57.4 Å². The maximum atomic E-state index is 6.43. The Kier molecular flexibility index (Phi) is 4.13. The highest BCUT2D eigenvalue weighted by atomic mass is 35.5. The molecule has 0 saturated heterocycles. The van der Waals surface area contributed by atoms with Crippen molar-refractivity contribution in [2.75, 3.05) is 5.73 Å². The molecule has 3 rings (SSSR count). The van der Waals surface area contributed by atoms with E-state index in [1.165, 1.54) is 9.58 Å². The lowest BCUT2D eigenvalue weighted by molar-refractivity contribution is 1.43. The molecule has 0 amide bonds. The predicted molar refractivity (Wildman–Crippen MR) is 92.3 cm³/mol. The molecule has 0 aliphatic heterocycles. The molecule has 3 aromatic rings. The molecule has 2 N–H and O–H groups in total. The van der Waals surface area contributed by atoms with E-state index in [1.807, 2.05) is 30.3 Å². The van der Waals surface area contributed by atoms with Crippen LogP contribution in [-0.2, 0) is 5.75 Å². The number of anilines is 1. The smallest absolute Gasteiger partial charge is 0.0646 e. The second-order valence-corrected chi connectivity index (χ2v) is 7.28. The molecule has 0 unspecified atom stereocenters. The zero-order valence-electron chi connectivity index (χ0n) is 10.4. The Hall–Kier alpha value is -0.870. The fraction of sp³-hybridized carbons (Fsp3) is 0.0667. The summed E-state index contributed by atoms with van der Waals surface area (Å²) in [5.41, 5.74) is 6.32. The highest BCUT2D eigenvalue weighted by Gasteiger charge is 2.10. The first kappa shape index (κ1) is 14.1. The van der Waals surface area contributed by atoms with Crippen LogP contribution in [0.5, 0.6) is 0 Å². The molecule has 0 fully saturated rings. The summed E-state index contributed by atoms with van der Waals surface area (Å²) in [7, 11) is 0. The Morgan fingerprint density at radius 3 is 2.65 bits per heavy atom. The molecule has 102 valence electrons. The zero-order chi connectivity index (χ0) is 14.1. The van der Waals surface area contributed by atoms with E-state index < -0.39 is 0 Å². The fourth-order valence-electron chi connectivity index (χ4n) is 1.90. The number of fused-ring (bicyclic) bond motifs is 1. The Bertz CT molecular complexity index is 768. The summed E-state index contributed by atoms with van der Waals surface area (Å²) in [6.45, 7) is 0. The van der Waals surface area contributed by atoms with Gasteiger partial charge in [0.25, 0.3) is 0 Å². The Balaban J connectivity index is 1.83. The summed E-state index contributed by atoms with van der Waals surface area (Å²) in [5, 5.41) is 2.59. The van der Waals surface area contributed by atoms with E-state index in [2.05, 4.69) is 12.1 Å². The van der Waals surface area contributed by atoms with Gasteiger partial charge in [-0.3, -0.25) is 0 Å². The Labute approximate surface area is 135 Å². The minimum atomic E-state index is 0.595. The van der Waals surface area contributed by atoms with Crippen LogP contribution in [0.1, 0.15) is 4.88 Å². The normalized spacial score (nSPS) is 11.1.